The second kappa shape index (κ2) is 5.02. The number of rotatable bonds is 0. The maximum atomic E-state index is 10.9. The lowest BCUT2D eigenvalue weighted by Crippen LogP contribution is -2.35. The van der Waals surface area contributed by atoms with Crippen LogP contribution in [0, 0.1) is 11.8 Å². The lowest BCUT2D eigenvalue weighted by Gasteiger charge is -2.19. The molecule has 2 N–H and O–H groups in total. The Labute approximate surface area is 121 Å². The van der Waals surface area contributed by atoms with E-state index in [4.69, 9.17) is 9.94 Å². The fourth-order valence-corrected chi connectivity index (χ4v) is 2.54. The van der Waals surface area contributed by atoms with Crippen LogP contribution in [0.25, 0.3) is 0 Å². The Morgan fingerprint density at radius 2 is 2.29 bits per heavy atom. The molecule has 0 radical (unpaired) electrons. The number of hydrogen-bond donors (Lipinski definition) is 2. The molecule has 1 unspecified atom stereocenters. The Hall–Kier alpha value is -2.68. The van der Waals surface area contributed by atoms with Crippen LogP contribution in [-0.2, 0) is 4.84 Å². The maximum Gasteiger partial charge on any atom is 0.407 e. The van der Waals surface area contributed by atoms with Crippen molar-refractivity contribution in [1.82, 2.24) is 4.90 Å². The molecule has 6 heteroatoms. The van der Waals surface area contributed by atoms with Crippen molar-refractivity contribution < 1.29 is 19.8 Å². The van der Waals surface area contributed by atoms with Crippen LogP contribution in [0.15, 0.2) is 29.4 Å². The molecular formula is C15H14N2O4. The highest BCUT2D eigenvalue weighted by molar-refractivity contribution is 6.02. The van der Waals surface area contributed by atoms with Crippen molar-refractivity contribution in [2.24, 2.45) is 5.16 Å². The molecule has 0 bridgehead atoms. The van der Waals surface area contributed by atoms with E-state index < -0.39 is 11.7 Å². The third-order valence-corrected chi connectivity index (χ3v) is 3.62. The molecule has 2 aliphatic heterocycles. The quantitative estimate of drug-likeness (QED) is 0.710. The third kappa shape index (κ3) is 2.77. The highest BCUT2D eigenvalue weighted by Gasteiger charge is 2.46. The minimum Gasteiger partial charge on any atom is -0.508 e. The number of benzene rings is 1. The topological polar surface area (TPSA) is 82.4 Å². The number of phenolic OH excluding ortho intramolecular Hbond substituents is 1. The SMILES string of the molecule is O=C(O)N1CCC2(CC(C#Cc3cccc(O)c3)=NO2)C1. The first-order chi connectivity index (χ1) is 10.1. The summed E-state index contributed by atoms with van der Waals surface area (Å²) in [7, 11) is 0. The van der Waals surface area contributed by atoms with Gasteiger partial charge in [-0.2, -0.15) is 0 Å². The van der Waals surface area contributed by atoms with E-state index >= 15 is 0 Å². The maximum absolute atomic E-state index is 10.9. The average molecular weight is 286 g/mol. The van der Waals surface area contributed by atoms with Crippen LogP contribution in [0.1, 0.15) is 18.4 Å². The zero-order valence-electron chi connectivity index (χ0n) is 11.2. The normalized spacial score (nSPS) is 23.4. The van der Waals surface area contributed by atoms with E-state index in [-0.39, 0.29) is 5.75 Å². The van der Waals surface area contributed by atoms with E-state index in [2.05, 4.69) is 17.0 Å². The molecule has 1 fully saturated rings. The molecule has 2 aliphatic rings. The van der Waals surface area contributed by atoms with Crippen LogP contribution >= 0.6 is 0 Å². The van der Waals surface area contributed by atoms with Crippen molar-refractivity contribution in [2.75, 3.05) is 13.1 Å². The summed E-state index contributed by atoms with van der Waals surface area (Å²) < 4.78 is 0. The minimum atomic E-state index is -0.935. The summed E-state index contributed by atoms with van der Waals surface area (Å²) in [5, 5.41) is 22.3. The van der Waals surface area contributed by atoms with Gasteiger partial charge in [0, 0.05) is 24.9 Å². The van der Waals surface area contributed by atoms with E-state index in [1.165, 1.54) is 4.90 Å². The summed E-state index contributed by atoms with van der Waals surface area (Å²) in [4.78, 5) is 17.7. The van der Waals surface area contributed by atoms with Gasteiger partial charge in [-0.1, -0.05) is 17.1 Å². The van der Waals surface area contributed by atoms with Crippen molar-refractivity contribution in [1.29, 1.82) is 0 Å². The summed E-state index contributed by atoms with van der Waals surface area (Å²) in [6.45, 7) is 0.779. The molecule has 2 heterocycles. The zero-order valence-corrected chi connectivity index (χ0v) is 11.2. The molecule has 1 aromatic rings. The van der Waals surface area contributed by atoms with E-state index in [0.717, 1.165) is 0 Å². The van der Waals surface area contributed by atoms with E-state index in [0.29, 0.717) is 37.2 Å². The van der Waals surface area contributed by atoms with Crippen LogP contribution in [0.5, 0.6) is 5.75 Å². The summed E-state index contributed by atoms with van der Waals surface area (Å²) in [6, 6.07) is 6.66. The van der Waals surface area contributed by atoms with Crippen LogP contribution in [0.4, 0.5) is 4.79 Å². The minimum absolute atomic E-state index is 0.163. The van der Waals surface area contributed by atoms with Crippen molar-refractivity contribution >= 4 is 11.8 Å². The molecule has 108 valence electrons. The average Bonchev–Trinajstić information content (AvgIpc) is 3.05. The van der Waals surface area contributed by atoms with Crippen molar-refractivity contribution in [2.45, 2.75) is 18.4 Å². The smallest absolute Gasteiger partial charge is 0.407 e. The lowest BCUT2D eigenvalue weighted by atomic mass is 9.97. The number of nitrogens with zero attached hydrogens (tertiary/aromatic N) is 2. The predicted molar refractivity (Wildman–Crippen MR) is 75.1 cm³/mol. The third-order valence-electron chi connectivity index (χ3n) is 3.62. The lowest BCUT2D eigenvalue weighted by molar-refractivity contribution is -0.00904. The molecule has 1 atom stereocenters. The van der Waals surface area contributed by atoms with Gasteiger partial charge < -0.3 is 20.0 Å². The summed E-state index contributed by atoms with van der Waals surface area (Å²) in [5.41, 5.74) is 0.740. The number of phenols is 1. The Kier molecular flexibility index (Phi) is 3.18. The fourth-order valence-electron chi connectivity index (χ4n) is 2.54. The van der Waals surface area contributed by atoms with Crippen molar-refractivity contribution in [3.05, 3.63) is 29.8 Å². The number of carboxylic acid groups (broad SMARTS) is 1. The molecule has 0 aliphatic carbocycles. The number of carbonyl (C=O) groups is 1. The summed E-state index contributed by atoms with van der Waals surface area (Å²) in [5.74, 6) is 6.00. The van der Waals surface area contributed by atoms with Gasteiger partial charge in [-0.25, -0.2) is 4.79 Å². The van der Waals surface area contributed by atoms with Gasteiger partial charge in [0.05, 0.1) is 6.54 Å². The molecule has 0 saturated carbocycles. The Bertz CT molecular complexity index is 674. The molecule has 1 aromatic carbocycles. The summed E-state index contributed by atoms with van der Waals surface area (Å²) >= 11 is 0. The van der Waals surface area contributed by atoms with Gasteiger partial charge in [-0.05, 0) is 24.1 Å². The fraction of sp³-hybridized carbons (Fsp3) is 0.333. The van der Waals surface area contributed by atoms with Crippen molar-refractivity contribution in [3.63, 3.8) is 0 Å². The molecular weight excluding hydrogens is 272 g/mol. The first kappa shape index (κ1) is 13.3. The van der Waals surface area contributed by atoms with Crippen LogP contribution in [-0.4, -0.2) is 45.6 Å². The van der Waals surface area contributed by atoms with Crippen LogP contribution in [0.2, 0.25) is 0 Å². The van der Waals surface area contributed by atoms with Crippen LogP contribution < -0.4 is 0 Å². The van der Waals surface area contributed by atoms with E-state index in [1.54, 1.807) is 24.3 Å². The Morgan fingerprint density at radius 3 is 3.00 bits per heavy atom. The van der Waals surface area contributed by atoms with Gasteiger partial charge in [0.2, 0.25) is 0 Å². The van der Waals surface area contributed by atoms with E-state index in [9.17, 15) is 9.90 Å². The Balaban J connectivity index is 1.67. The van der Waals surface area contributed by atoms with Crippen LogP contribution in [0.3, 0.4) is 0 Å². The summed E-state index contributed by atoms with van der Waals surface area (Å²) in [6.07, 6.45) is 0.206. The van der Waals surface area contributed by atoms with Gasteiger partial charge in [-0.15, -0.1) is 0 Å². The predicted octanol–water partition coefficient (Wildman–Crippen LogP) is 1.64. The first-order valence-corrected chi connectivity index (χ1v) is 6.60. The largest absolute Gasteiger partial charge is 0.508 e. The van der Waals surface area contributed by atoms with Gasteiger partial charge in [0.1, 0.15) is 11.5 Å². The molecule has 6 nitrogen and oxygen atoms in total. The second-order valence-corrected chi connectivity index (χ2v) is 5.24. The van der Waals surface area contributed by atoms with Gasteiger partial charge in [0.15, 0.2) is 5.60 Å². The standard InChI is InChI=1S/C15H14N2O4/c18-13-3-1-2-11(8-13)4-5-12-9-15(21-16-12)6-7-17(10-15)14(19)20/h1-3,8,18H,6-7,9-10H2,(H,19,20). The number of hydrogen-bond acceptors (Lipinski definition) is 4. The van der Waals surface area contributed by atoms with Gasteiger partial charge in [0.25, 0.3) is 0 Å². The molecule has 0 aromatic heterocycles. The highest BCUT2D eigenvalue weighted by Crippen LogP contribution is 2.33. The van der Waals surface area contributed by atoms with Crippen molar-refractivity contribution in [3.8, 4) is 17.6 Å². The highest BCUT2D eigenvalue weighted by atomic mass is 16.7. The van der Waals surface area contributed by atoms with E-state index in [1.807, 2.05) is 0 Å². The van der Waals surface area contributed by atoms with Gasteiger partial charge in [-0.3, -0.25) is 0 Å². The molecule has 1 amide bonds. The zero-order chi connectivity index (χ0) is 14.9. The number of oxime groups is 1. The Morgan fingerprint density at radius 1 is 1.43 bits per heavy atom. The molecule has 1 spiro atoms. The first-order valence-electron chi connectivity index (χ1n) is 6.60. The number of likely N-dealkylation sites (tertiary alicyclic amines) is 1. The second-order valence-electron chi connectivity index (χ2n) is 5.24. The molecule has 3 rings (SSSR count). The van der Waals surface area contributed by atoms with Gasteiger partial charge >= 0.3 is 6.09 Å². The number of amides is 1. The molecule has 21 heavy (non-hydrogen) atoms. The molecule has 1 saturated heterocycles. The number of aromatic hydroxyl groups is 1. The monoisotopic (exact) mass is 286 g/mol.